The zero-order valence-corrected chi connectivity index (χ0v) is 13.3. The predicted octanol–water partition coefficient (Wildman–Crippen LogP) is 1.47. The Bertz CT molecular complexity index is 666. The Morgan fingerprint density at radius 1 is 1.25 bits per heavy atom. The van der Waals surface area contributed by atoms with Gasteiger partial charge in [-0.1, -0.05) is 5.16 Å². The van der Waals surface area contributed by atoms with Crippen LogP contribution in [0.1, 0.15) is 5.69 Å². The van der Waals surface area contributed by atoms with Crippen molar-refractivity contribution in [2.24, 2.45) is 0 Å². The van der Waals surface area contributed by atoms with Crippen LogP contribution >= 0.6 is 0 Å². The molecule has 2 aromatic rings. The lowest BCUT2D eigenvalue weighted by Crippen LogP contribution is -2.41. The molecule has 0 bridgehead atoms. The minimum Gasteiger partial charge on any atom is -0.379 e. The van der Waals surface area contributed by atoms with E-state index in [-0.39, 0.29) is 18.1 Å². The van der Waals surface area contributed by atoms with E-state index in [2.05, 4.69) is 15.4 Å². The lowest BCUT2D eigenvalue weighted by Gasteiger charge is -2.26. The van der Waals surface area contributed by atoms with Crippen LogP contribution in [0.25, 0.3) is 11.3 Å². The number of nitrogens with one attached hydrogen (secondary N) is 1. The van der Waals surface area contributed by atoms with Gasteiger partial charge in [0.1, 0.15) is 5.82 Å². The Kier molecular flexibility index (Phi) is 5.55. The molecule has 0 radical (unpaired) electrons. The second-order valence-electron chi connectivity index (χ2n) is 5.67. The molecule has 1 N–H and O–H groups in total. The van der Waals surface area contributed by atoms with E-state index in [1.807, 2.05) is 0 Å². The van der Waals surface area contributed by atoms with E-state index < -0.39 is 0 Å². The van der Waals surface area contributed by atoms with Crippen LogP contribution in [0.5, 0.6) is 0 Å². The molecule has 1 amide bonds. The highest BCUT2D eigenvalue weighted by Gasteiger charge is 2.12. The number of carbonyl (C=O) groups is 1. The molecular formula is C17H20FN3O3. The van der Waals surface area contributed by atoms with Crippen LogP contribution in [0, 0.1) is 5.82 Å². The van der Waals surface area contributed by atoms with E-state index in [1.165, 1.54) is 12.1 Å². The number of halogens is 1. The van der Waals surface area contributed by atoms with E-state index in [9.17, 15) is 9.18 Å². The molecule has 1 aromatic carbocycles. The molecule has 1 aliphatic rings. The third-order valence-corrected chi connectivity index (χ3v) is 3.88. The summed E-state index contributed by atoms with van der Waals surface area (Å²) in [6.45, 7) is 4.72. The van der Waals surface area contributed by atoms with Gasteiger partial charge >= 0.3 is 0 Å². The summed E-state index contributed by atoms with van der Waals surface area (Å²) in [4.78, 5) is 14.2. The Morgan fingerprint density at radius 2 is 2.00 bits per heavy atom. The lowest BCUT2D eigenvalue weighted by molar-refractivity contribution is -0.120. The van der Waals surface area contributed by atoms with Gasteiger partial charge in [0.2, 0.25) is 5.91 Å². The minimum absolute atomic E-state index is 0.0952. The number of amides is 1. The van der Waals surface area contributed by atoms with Crippen molar-refractivity contribution in [1.29, 1.82) is 0 Å². The van der Waals surface area contributed by atoms with Gasteiger partial charge in [0, 0.05) is 37.8 Å². The third kappa shape index (κ3) is 4.62. The van der Waals surface area contributed by atoms with Gasteiger partial charge in [0.25, 0.3) is 0 Å². The van der Waals surface area contributed by atoms with Gasteiger partial charge in [-0.25, -0.2) is 4.39 Å². The highest BCUT2D eigenvalue weighted by molar-refractivity contribution is 5.78. The first kappa shape index (κ1) is 16.6. The van der Waals surface area contributed by atoms with E-state index in [0.717, 1.165) is 38.4 Å². The zero-order valence-electron chi connectivity index (χ0n) is 13.3. The minimum atomic E-state index is -0.307. The molecule has 0 saturated carbocycles. The van der Waals surface area contributed by atoms with Crippen molar-refractivity contribution in [3.05, 3.63) is 41.8 Å². The van der Waals surface area contributed by atoms with Crippen molar-refractivity contribution >= 4 is 5.91 Å². The van der Waals surface area contributed by atoms with Crippen LogP contribution in [0.15, 0.2) is 34.9 Å². The number of carbonyl (C=O) groups excluding carboxylic acids is 1. The number of aromatic nitrogens is 1. The number of benzene rings is 1. The fraction of sp³-hybridized carbons (Fsp3) is 0.412. The molecule has 24 heavy (non-hydrogen) atoms. The zero-order chi connectivity index (χ0) is 16.8. The molecule has 7 heteroatoms. The number of hydrogen-bond donors (Lipinski definition) is 1. The molecule has 128 valence electrons. The Balaban J connectivity index is 1.45. The van der Waals surface area contributed by atoms with E-state index >= 15 is 0 Å². The van der Waals surface area contributed by atoms with Gasteiger partial charge in [-0.05, 0) is 24.3 Å². The van der Waals surface area contributed by atoms with Crippen LogP contribution in [0.3, 0.4) is 0 Å². The van der Waals surface area contributed by atoms with Crippen molar-refractivity contribution in [2.45, 2.75) is 6.42 Å². The summed E-state index contributed by atoms with van der Waals surface area (Å²) in [5, 5.41) is 6.78. The number of morpholine rings is 1. The van der Waals surface area contributed by atoms with Gasteiger partial charge in [-0.15, -0.1) is 0 Å². The van der Waals surface area contributed by atoms with E-state index in [4.69, 9.17) is 9.26 Å². The molecule has 0 aliphatic carbocycles. The first-order valence-electron chi connectivity index (χ1n) is 7.99. The SMILES string of the molecule is O=C(Cc1cc(-c2ccc(F)cc2)on1)NCCN1CCOCC1. The molecule has 0 atom stereocenters. The second-order valence-corrected chi connectivity index (χ2v) is 5.67. The highest BCUT2D eigenvalue weighted by Crippen LogP contribution is 2.20. The topological polar surface area (TPSA) is 67.6 Å². The fourth-order valence-corrected chi connectivity index (χ4v) is 2.55. The van der Waals surface area contributed by atoms with Gasteiger partial charge < -0.3 is 14.6 Å². The van der Waals surface area contributed by atoms with Crippen molar-refractivity contribution in [2.75, 3.05) is 39.4 Å². The molecular weight excluding hydrogens is 313 g/mol. The Labute approximate surface area is 139 Å². The Morgan fingerprint density at radius 3 is 2.75 bits per heavy atom. The molecule has 1 saturated heterocycles. The van der Waals surface area contributed by atoms with Gasteiger partial charge in [-0.3, -0.25) is 9.69 Å². The largest absolute Gasteiger partial charge is 0.379 e. The van der Waals surface area contributed by atoms with Crippen LogP contribution < -0.4 is 5.32 Å². The maximum Gasteiger partial charge on any atom is 0.226 e. The monoisotopic (exact) mass is 333 g/mol. The summed E-state index contributed by atoms with van der Waals surface area (Å²) >= 11 is 0. The Hall–Kier alpha value is -2.25. The molecule has 6 nitrogen and oxygen atoms in total. The van der Waals surface area contributed by atoms with Crippen molar-refractivity contribution < 1.29 is 18.4 Å². The number of rotatable bonds is 6. The maximum absolute atomic E-state index is 12.9. The lowest BCUT2D eigenvalue weighted by atomic mass is 10.1. The first-order chi connectivity index (χ1) is 11.7. The molecule has 3 rings (SSSR count). The molecule has 0 unspecified atom stereocenters. The van der Waals surface area contributed by atoms with Crippen LogP contribution in [0.4, 0.5) is 4.39 Å². The fourth-order valence-electron chi connectivity index (χ4n) is 2.55. The average Bonchev–Trinajstić information content (AvgIpc) is 3.05. The van der Waals surface area contributed by atoms with Gasteiger partial charge in [-0.2, -0.15) is 0 Å². The first-order valence-corrected chi connectivity index (χ1v) is 7.99. The molecule has 1 aromatic heterocycles. The third-order valence-electron chi connectivity index (χ3n) is 3.88. The predicted molar refractivity (Wildman–Crippen MR) is 85.9 cm³/mol. The smallest absolute Gasteiger partial charge is 0.226 e. The average molecular weight is 333 g/mol. The summed E-state index contributed by atoms with van der Waals surface area (Å²) < 4.78 is 23.4. The van der Waals surface area contributed by atoms with Crippen molar-refractivity contribution in [3.8, 4) is 11.3 Å². The normalized spacial score (nSPS) is 15.4. The van der Waals surface area contributed by atoms with E-state index in [1.54, 1.807) is 18.2 Å². The molecule has 0 spiro atoms. The molecule has 1 aliphatic heterocycles. The van der Waals surface area contributed by atoms with Crippen LogP contribution in [-0.4, -0.2) is 55.4 Å². The summed E-state index contributed by atoms with van der Waals surface area (Å²) in [6, 6.07) is 7.64. The summed E-state index contributed by atoms with van der Waals surface area (Å²) in [5.74, 6) is 0.117. The van der Waals surface area contributed by atoms with Crippen molar-refractivity contribution in [1.82, 2.24) is 15.4 Å². The van der Waals surface area contributed by atoms with Crippen molar-refractivity contribution in [3.63, 3.8) is 0 Å². The van der Waals surface area contributed by atoms with E-state index in [0.29, 0.717) is 18.0 Å². The maximum atomic E-state index is 12.9. The van der Waals surface area contributed by atoms with Gasteiger partial charge in [0.15, 0.2) is 5.76 Å². The van der Waals surface area contributed by atoms with Crippen LogP contribution in [0.2, 0.25) is 0 Å². The second kappa shape index (κ2) is 8.03. The van der Waals surface area contributed by atoms with Gasteiger partial charge in [0.05, 0.1) is 25.3 Å². The number of hydrogen-bond acceptors (Lipinski definition) is 5. The number of ether oxygens (including phenoxy) is 1. The quantitative estimate of drug-likeness (QED) is 0.867. The summed E-state index contributed by atoms with van der Waals surface area (Å²) in [6.07, 6.45) is 0.161. The standard InChI is InChI=1S/C17H20FN3O3/c18-14-3-1-13(2-4-14)16-11-15(20-24-16)12-17(22)19-5-6-21-7-9-23-10-8-21/h1-4,11H,5-10,12H2,(H,19,22). The van der Waals surface area contributed by atoms with Crippen LogP contribution in [-0.2, 0) is 16.0 Å². The highest BCUT2D eigenvalue weighted by atomic mass is 19.1. The summed E-state index contributed by atoms with van der Waals surface area (Å²) in [7, 11) is 0. The molecule has 2 heterocycles. The summed E-state index contributed by atoms with van der Waals surface area (Å²) in [5.41, 5.74) is 1.28. The molecule has 1 fully saturated rings. The number of nitrogens with zero attached hydrogens (tertiary/aromatic N) is 2.